The quantitative estimate of drug-likeness (QED) is 0.172. The molecule has 9 aromatic carbocycles. The third-order valence-electron chi connectivity index (χ3n) is 11.9. The topological polar surface area (TPSA) is 23.0 Å². The number of furan rings is 1. The highest BCUT2D eigenvalue weighted by Crippen LogP contribution is 2.41. The first-order valence-electron chi connectivity index (χ1n) is 19.9. The molecule has 0 aliphatic heterocycles. The van der Waals surface area contributed by atoms with Crippen LogP contribution in [0.25, 0.3) is 110 Å². The van der Waals surface area contributed by atoms with Crippen LogP contribution in [-0.2, 0) is 0 Å². The molecule has 0 aliphatic carbocycles. The summed E-state index contributed by atoms with van der Waals surface area (Å²) in [5.74, 6) is 0. The minimum absolute atomic E-state index is 0.910. The van der Waals surface area contributed by atoms with Crippen molar-refractivity contribution in [3.05, 3.63) is 206 Å². The molecule has 0 radical (unpaired) electrons. The first-order chi connectivity index (χ1) is 28.7. The number of nitrogens with zero attached hydrogens (tertiary/aromatic N) is 2. The van der Waals surface area contributed by atoms with Gasteiger partial charge in [0.05, 0.1) is 22.1 Å². The van der Waals surface area contributed by atoms with Crippen molar-refractivity contribution >= 4 is 65.6 Å². The first-order valence-corrected chi connectivity index (χ1v) is 19.9. The van der Waals surface area contributed by atoms with Crippen LogP contribution in [-0.4, -0.2) is 9.13 Å². The Kier molecular flexibility index (Phi) is 7.14. The van der Waals surface area contributed by atoms with Crippen LogP contribution in [0.15, 0.2) is 205 Å². The van der Waals surface area contributed by atoms with Crippen molar-refractivity contribution in [3.8, 4) is 44.8 Å². The molecule has 0 fully saturated rings. The summed E-state index contributed by atoms with van der Waals surface area (Å²) < 4.78 is 11.3. The molecular formula is C55H36N2O. The van der Waals surface area contributed by atoms with Crippen molar-refractivity contribution in [2.75, 3.05) is 0 Å². The fourth-order valence-corrected chi connectivity index (χ4v) is 9.32. The summed E-state index contributed by atoms with van der Waals surface area (Å²) in [5.41, 5.74) is 17.2. The lowest BCUT2D eigenvalue weighted by Crippen LogP contribution is -1.93. The summed E-state index contributed by atoms with van der Waals surface area (Å²) >= 11 is 0. The highest BCUT2D eigenvalue weighted by atomic mass is 16.3. The van der Waals surface area contributed by atoms with Gasteiger partial charge in [0.2, 0.25) is 0 Å². The summed E-state index contributed by atoms with van der Waals surface area (Å²) in [7, 11) is 0. The number of hydrogen-bond acceptors (Lipinski definition) is 1. The van der Waals surface area contributed by atoms with E-state index in [0.717, 1.165) is 38.8 Å². The number of hydrogen-bond donors (Lipinski definition) is 0. The average molecular weight is 741 g/mol. The zero-order valence-corrected chi connectivity index (χ0v) is 31.9. The lowest BCUT2D eigenvalue weighted by molar-refractivity contribution is 0.670. The Balaban J connectivity index is 1.03. The van der Waals surface area contributed by atoms with E-state index in [1.54, 1.807) is 0 Å². The molecule has 0 saturated carbocycles. The van der Waals surface area contributed by atoms with Gasteiger partial charge in [-0.05, 0) is 119 Å². The number of rotatable bonds is 5. The second kappa shape index (κ2) is 12.7. The van der Waals surface area contributed by atoms with Crippen LogP contribution in [0.5, 0.6) is 0 Å². The predicted molar refractivity (Wildman–Crippen MR) is 243 cm³/mol. The van der Waals surface area contributed by atoms with Gasteiger partial charge in [-0.3, -0.25) is 0 Å². The lowest BCUT2D eigenvalue weighted by Gasteiger charge is -2.11. The number of aryl methyl sites for hydroxylation is 1. The van der Waals surface area contributed by atoms with Gasteiger partial charge in [0.15, 0.2) is 0 Å². The predicted octanol–water partition coefficient (Wildman–Crippen LogP) is 15.1. The Hall–Kier alpha value is -7.62. The van der Waals surface area contributed by atoms with Gasteiger partial charge in [-0.2, -0.15) is 0 Å². The van der Waals surface area contributed by atoms with Gasteiger partial charge in [0.25, 0.3) is 0 Å². The lowest BCUT2D eigenvalue weighted by atomic mass is 9.94. The second-order valence-corrected chi connectivity index (χ2v) is 15.4. The van der Waals surface area contributed by atoms with Crippen LogP contribution >= 0.6 is 0 Å². The van der Waals surface area contributed by atoms with Gasteiger partial charge in [0, 0.05) is 49.3 Å². The Labute approximate surface area is 335 Å². The van der Waals surface area contributed by atoms with E-state index >= 15 is 0 Å². The molecule has 0 saturated heterocycles. The summed E-state index contributed by atoms with van der Waals surface area (Å²) in [4.78, 5) is 0. The molecular weight excluding hydrogens is 705 g/mol. The van der Waals surface area contributed by atoms with Crippen LogP contribution in [0.1, 0.15) is 5.56 Å². The first kappa shape index (κ1) is 32.6. The van der Waals surface area contributed by atoms with Crippen LogP contribution in [0.2, 0.25) is 0 Å². The molecule has 0 atom stereocenters. The van der Waals surface area contributed by atoms with Gasteiger partial charge in [-0.25, -0.2) is 0 Å². The zero-order chi connectivity index (χ0) is 38.3. The van der Waals surface area contributed by atoms with Crippen molar-refractivity contribution in [2.45, 2.75) is 6.92 Å². The largest absolute Gasteiger partial charge is 0.455 e. The number of aromatic nitrogens is 2. The van der Waals surface area contributed by atoms with Crippen LogP contribution in [0.4, 0.5) is 0 Å². The highest BCUT2D eigenvalue weighted by Gasteiger charge is 2.18. The molecule has 272 valence electrons. The van der Waals surface area contributed by atoms with E-state index in [0.29, 0.717) is 0 Å². The van der Waals surface area contributed by atoms with Gasteiger partial charge in [0.1, 0.15) is 11.2 Å². The van der Waals surface area contributed by atoms with E-state index in [1.807, 2.05) is 6.07 Å². The molecule has 58 heavy (non-hydrogen) atoms. The standard InChI is InChI=1S/C55H36N2O/c1-35-29-39(36-23-26-51-47(32-36)44-17-8-10-21-50(44)56(51)41-13-4-2-5-14-41)31-40(30-35)37-24-27-52-48(33-37)49-34-38(25-28-53(49)57(52)42-15-6-3-7-16-42)43-19-12-20-46-45-18-9-11-22-54(45)58-55(43)46/h2-34H,1H3. The minimum Gasteiger partial charge on any atom is -0.455 e. The Morgan fingerprint density at radius 2 is 0.810 bits per heavy atom. The normalized spacial score (nSPS) is 11.9. The Morgan fingerprint density at radius 3 is 1.45 bits per heavy atom. The zero-order valence-electron chi connectivity index (χ0n) is 31.9. The molecule has 0 spiro atoms. The molecule has 12 rings (SSSR count). The van der Waals surface area contributed by atoms with E-state index in [1.165, 1.54) is 77.1 Å². The van der Waals surface area contributed by atoms with E-state index in [2.05, 4.69) is 210 Å². The van der Waals surface area contributed by atoms with E-state index in [4.69, 9.17) is 4.42 Å². The number of para-hydroxylation sites is 5. The maximum absolute atomic E-state index is 6.51. The van der Waals surface area contributed by atoms with Crippen molar-refractivity contribution < 1.29 is 4.42 Å². The molecule has 0 bridgehead atoms. The Bertz CT molecular complexity index is 3570. The molecule has 0 aliphatic rings. The smallest absolute Gasteiger partial charge is 0.143 e. The van der Waals surface area contributed by atoms with Gasteiger partial charge in [-0.1, -0.05) is 121 Å². The minimum atomic E-state index is 0.910. The number of benzene rings is 9. The molecule has 3 aromatic heterocycles. The molecule has 3 heterocycles. The van der Waals surface area contributed by atoms with E-state index in [9.17, 15) is 0 Å². The fourth-order valence-electron chi connectivity index (χ4n) is 9.32. The van der Waals surface area contributed by atoms with Crippen molar-refractivity contribution in [1.29, 1.82) is 0 Å². The summed E-state index contributed by atoms with van der Waals surface area (Å²) in [5, 5.41) is 7.21. The summed E-state index contributed by atoms with van der Waals surface area (Å²) in [6, 6.07) is 72.6. The summed E-state index contributed by atoms with van der Waals surface area (Å²) in [6.07, 6.45) is 0. The van der Waals surface area contributed by atoms with Crippen LogP contribution in [0.3, 0.4) is 0 Å². The van der Waals surface area contributed by atoms with Gasteiger partial charge >= 0.3 is 0 Å². The third-order valence-corrected chi connectivity index (χ3v) is 11.9. The maximum Gasteiger partial charge on any atom is 0.143 e. The highest BCUT2D eigenvalue weighted by molar-refractivity contribution is 6.14. The second-order valence-electron chi connectivity index (χ2n) is 15.4. The summed E-state index contributed by atoms with van der Waals surface area (Å²) in [6.45, 7) is 2.21. The molecule has 0 amide bonds. The molecule has 0 N–H and O–H groups in total. The van der Waals surface area contributed by atoms with Gasteiger partial charge < -0.3 is 13.6 Å². The molecule has 12 aromatic rings. The fraction of sp³-hybridized carbons (Fsp3) is 0.0182. The Morgan fingerprint density at radius 1 is 0.328 bits per heavy atom. The van der Waals surface area contributed by atoms with Crippen LogP contribution in [0, 0.1) is 6.92 Å². The van der Waals surface area contributed by atoms with Crippen molar-refractivity contribution in [1.82, 2.24) is 9.13 Å². The molecule has 0 unspecified atom stereocenters. The maximum atomic E-state index is 6.51. The van der Waals surface area contributed by atoms with E-state index in [-0.39, 0.29) is 0 Å². The molecule has 3 nitrogen and oxygen atoms in total. The van der Waals surface area contributed by atoms with Crippen LogP contribution < -0.4 is 0 Å². The SMILES string of the molecule is Cc1cc(-c2ccc3c(c2)c2ccccc2n3-c2ccccc2)cc(-c2ccc3c(c2)c2cc(-c4cccc5c4oc4ccccc45)ccc2n3-c2ccccc2)c1. The average Bonchev–Trinajstić information content (AvgIpc) is 3.94. The van der Waals surface area contributed by atoms with Crippen molar-refractivity contribution in [2.24, 2.45) is 0 Å². The number of fused-ring (bicyclic) bond motifs is 9. The van der Waals surface area contributed by atoms with Gasteiger partial charge in [-0.15, -0.1) is 0 Å². The monoisotopic (exact) mass is 740 g/mol. The van der Waals surface area contributed by atoms with Crippen molar-refractivity contribution in [3.63, 3.8) is 0 Å². The molecule has 3 heteroatoms. The van der Waals surface area contributed by atoms with E-state index < -0.39 is 0 Å². The third kappa shape index (κ3) is 5.00.